The highest BCUT2D eigenvalue weighted by atomic mass is 32.1. The molecule has 2 N–H and O–H groups in total. The summed E-state index contributed by atoms with van der Waals surface area (Å²) in [5.41, 5.74) is 1.89. The van der Waals surface area contributed by atoms with Crippen LogP contribution in [0.25, 0.3) is 11.3 Å². The number of nitrogens with zero attached hydrogens (tertiary/aromatic N) is 1. The Balaban J connectivity index is 1.61. The maximum atomic E-state index is 14.3. The fourth-order valence-corrected chi connectivity index (χ4v) is 3.28. The third kappa shape index (κ3) is 5.20. The minimum Gasteiger partial charge on any atom is -0.326 e. The first-order chi connectivity index (χ1) is 13.4. The number of thiazole rings is 1. The molecule has 0 fully saturated rings. The minimum absolute atomic E-state index is 0.223. The average molecular weight is 401 g/mol. The molecule has 3 aromatic rings. The normalized spacial score (nSPS) is 10.5. The zero-order valence-electron chi connectivity index (χ0n) is 15.0. The molecule has 2 aromatic carbocycles. The largest absolute Gasteiger partial charge is 0.326 e. The van der Waals surface area contributed by atoms with E-state index in [1.165, 1.54) is 42.5 Å². The van der Waals surface area contributed by atoms with Crippen molar-refractivity contribution in [2.45, 2.75) is 19.8 Å². The van der Waals surface area contributed by atoms with Gasteiger partial charge in [0.05, 0.1) is 5.69 Å². The van der Waals surface area contributed by atoms with Gasteiger partial charge in [-0.2, -0.15) is 0 Å². The van der Waals surface area contributed by atoms with Crippen LogP contribution in [0.15, 0.2) is 47.8 Å². The van der Waals surface area contributed by atoms with Crippen molar-refractivity contribution in [2.24, 2.45) is 0 Å². The van der Waals surface area contributed by atoms with Crippen molar-refractivity contribution in [3.8, 4) is 11.3 Å². The van der Waals surface area contributed by atoms with Gasteiger partial charge >= 0.3 is 0 Å². The number of benzene rings is 2. The van der Waals surface area contributed by atoms with Crippen LogP contribution in [0.5, 0.6) is 0 Å². The molecule has 0 atom stereocenters. The second-order valence-electron chi connectivity index (χ2n) is 6.09. The number of aryl methyl sites for hydroxylation is 1. The van der Waals surface area contributed by atoms with E-state index in [1.807, 2.05) is 0 Å². The maximum absolute atomic E-state index is 14.3. The van der Waals surface area contributed by atoms with E-state index in [4.69, 9.17) is 0 Å². The van der Waals surface area contributed by atoms with Crippen molar-refractivity contribution < 1.29 is 18.4 Å². The number of nitrogens with one attached hydrogen (secondary N) is 2. The molecular weight excluding hydrogens is 384 g/mol. The van der Waals surface area contributed by atoms with Gasteiger partial charge in [-0.15, -0.1) is 11.3 Å². The second kappa shape index (κ2) is 8.71. The summed E-state index contributed by atoms with van der Waals surface area (Å²) in [5.74, 6) is -1.36. The van der Waals surface area contributed by atoms with Crippen molar-refractivity contribution in [2.75, 3.05) is 10.6 Å². The van der Waals surface area contributed by atoms with Crippen LogP contribution in [0.4, 0.5) is 19.6 Å². The van der Waals surface area contributed by atoms with Crippen LogP contribution >= 0.6 is 11.3 Å². The first-order valence-electron chi connectivity index (χ1n) is 8.48. The van der Waals surface area contributed by atoms with Gasteiger partial charge in [0, 0.05) is 30.0 Å². The Bertz CT molecular complexity index is 1000. The summed E-state index contributed by atoms with van der Waals surface area (Å²) in [6.07, 6.45) is 0.698. The summed E-state index contributed by atoms with van der Waals surface area (Å²) in [6, 6.07) is 10.3. The molecule has 0 unspecified atom stereocenters. The summed E-state index contributed by atoms with van der Waals surface area (Å²) in [7, 11) is 0. The zero-order valence-corrected chi connectivity index (χ0v) is 15.8. The highest BCUT2D eigenvalue weighted by Crippen LogP contribution is 2.28. The van der Waals surface area contributed by atoms with Gasteiger partial charge in [0.1, 0.15) is 11.6 Å². The molecule has 0 aliphatic carbocycles. The van der Waals surface area contributed by atoms with Gasteiger partial charge in [-0.3, -0.25) is 9.59 Å². The number of carbonyl (C=O) groups is 2. The quantitative estimate of drug-likeness (QED) is 0.633. The number of aromatic nitrogens is 1. The van der Waals surface area contributed by atoms with Crippen molar-refractivity contribution in [3.63, 3.8) is 0 Å². The number of rotatable bonds is 6. The molecular formula is C20H17F2N3O2S. The molecule has 8 heteroatoms. The highest BCUT2D eigenvalue weighted by molar-refractivity contribution is 7.14. The zero-order chi connectivity index (χ0) is 20.1. The Morgan fingerprint density at radius 2 is 1.82 bits per heavy atom. The monoisotopic (exact) mass is 401 g/mol. The molecule has 1 aromatic heterocycles. The first kappa shape index (κ1) is 19.6. The van der Waals surface area contributed by atoms with E-state index in [9.17, 15) is 18.4 Å². The van der Waals surface area contributed by atoms with Crippen molar-refractivity contribution in [1.29, 1.82) is 0 Å². The standard InChI is InChI=1S/C20H17F2N3O2S/c1-12(26)23-15-7-8-16(17(22)10-15)18-11-28-20(24-18)25-19(27)9-4-13-2-5-14(21)6-3-13/h2-3,5-8,10-11H,4,9H2,1H3,(H,23,26)(H,24,25,27). The van der Waals surface area contributed by atoms with E-state index in [-0.39, 0.29) is 29.6 Å². The number of hydrogen-bond donors (Lipinski definition) is 2. The van der Waals surface area contributed by atoms with Crippen LogP contribution in [0.2, 0.25) is 0 Å². The van der Waals surface area contributed by atoms with Crippen molar-refractivity contribution in [1.82, 2.24) is 4.98 Å². The molecule has 0 saturated heterocycles. The summed E-state index contributed by atoms with van der Waals surface area (Å²) in [4.78, 5) is 27.4. The van der Waals surface area contributed by atoms with Crippen LogP contribution in [0, 0.1) is 11.6 Å². The molecule has 0 saturated carbocycles. The molecule has 0 radical (unpaired) electrons. The molecule has 0 bridgehead atoms. The van der Waals surface area contributed by atoms with Crippen molar-refractivity contribution in [3.05, 3.63) is 65.0 Å². The van der Waals surface area contributed by atoms with Gasteiger partial charge in [-0.25, -0.2) is 13.8 Å². The maximum Gasteiger partial charge on any atom is 0.226 e. The van der Waals surface area contributed by atoms with Crippen LogP contribution in [-0.4, -0.2) is 16.8 Å². The van der Waals surface area contributed by atoms with Crippen LogP contribution in [-0.2, 0) is 16.0 Å². The second-order valence-corrected chi connectivity index (χ2v) is 6.95. The number of carbonyl (C=O) groups excluding carboxylic acids is 2. The molecule has 2 amide bonds. The SMILES string of the molecule is CC(=O)Nc1ccc(-c2csc(NC(=O)CCc3ccc(F)cc3)n2)c(F)c1. The predicted octanol–water partition coefficient (Wildman–Crippen LogP) is 4.62. The minimum atomic E-state index is -0.522. The van der Waals surface area contributed by atoms with E-state index in [2.05, 4.69) is 15.6 Å². The topological polar surface area (TPSA) is 71.1 Å². The van der Waals surface area contributed by atoms with E-state index >= 15 is 0 Å². The molecule has 1 heterocycles. The van der Waals surface area contributed by atoms with Crippen LogP contribution < -0.4 is 10.6 Å². The fourth-order valence-electron chi connectivity index (χ4n) is 2.55. The Morgan fingerprint density at radius 3 is 2.50 bits per heavy atom. The Morgan fingerprint density at radius 1 is 1.07 bits per heavy atom. The average Bonchev–Trinajstić information content (AvgIpc) is 3.09. The van der Waals surface area contributed by atoms with Gasteiger partial charge < -0.3 is 10.6 Å². The lowest BCUT2D eigenvalue weighted by Gasteiger charge is -2.05. The lowest BCUT2D eigenvalue weighted by molar-refractivity contribution is -0.116. The number of halogens is 2. The lowest BCUT2D eigenvalue weighted by atomic mass is 10.1. The number of amides is 2. The Labute approximate surface area is 164 Å². The summed E-state index contributed by atoms with van der Waals surface area (Å²) in [6.45, 7) is 1.34. The first-order valence-corrected chi connectivity index (χ1v) is 9.36. The number of anilines is 2. The third-order valence-electron chi connectivity index (χ3n) is 3.87. The van der Waals surface area contributed by atoms with Crippen molar-refractivity contribution >= 4 is 34.0 Å². The van der Waals surface area contributed by atoms with Gasteiger partial charge in [0.25, 0.3) is 0 Å². The number of hydrogen-bond acceptors (Lipinski definition) is 4. The Hall–Kier alpha value is -3.13. The molecule has 0 aliphatic rings. The molecule has 0 spiro atoms. The van der Waals surface area contributed by atoms with E-state index < -0.39 is 5.82 Å². The van der Waals surface area contributed by atoms with E-state index in [0.29, 0.717) is 22.9 Å². The van der Waals surface area contributed by atoms with Crippen LogP contribution in [0.1, 0.15) is 18.9 Å². The highest BCUT2D eigenvalue weighted by Gasteiger charge is 2.12. The summed E-state index contributed by atoms with van der Waals surface area (Å²) in [5, 5.41) is 7.21. The molecule has 3 rings (SSSR count). The van der Waals surface area contributed by atoms with Gasteiger partial charge in [-0.05, 0) is 42.3 Å². The molecule has 28 heavy (non-hydrogen) atoms. The third-order valence-corrected chi connectivity index (χ3v) is 4.63. The van der Waals surface area contributed by atoms with Gasteiger partial charge in [-0.1, -0.05) is 12.1 Å². The van der Waals surface area contributed by atoms with Gasteiger partial charge in [0.15, 0.2) is 5.13 Å². The molecule has 0 aliphatic heterocycles. The van der Waals surface area contributed by atoms with Gasteiger partial charge in [0.2, 0.25) is 11.8 Å². The lowest BCUT2D eigenvalue weighted by Crippen LogP contribution is -2.12. The molecule has 5 nitrogen and oxygen atoms in total. The van der Waals surface area contributed by atoms with Crippen LogP contribution in [0.3, 0.4) is 0 Å². The predicted molar refractivity (Wildman–Crippen MR) is 105 cm³/mol. The fraction of sp³-hybridized carbons (Fsp3) is 0.150. The summed E-state index contributed by atoms with van der Waals surface area (Å²) >= 11 is 1.19. The summed E-state index contributed by atoms with van der Waals surface area (Å²) < 4.78 is 27.2. The van der Waals surface area contributed by atoms with E-state index in [0.717, 1.165) is 5.56 Å². The van der Waals surface area contributed by atoms with E-state index in [1.54, 1.807) is 23.6 Å². The molecule has 144 valence electrons. The smallest absolute Gasteiger partial charge is 0.226 e. The Kier molecular flexibility index (Phi) is 6.10.